The summed E-state index contributed by atoms with van der Waals surface area (Å²) in [6, 6.07) is 5.79. The van der Waals surface area contributed by atoms with Crippen molar-refractivity contribution in [3.05, 3.63) is 28.2 Å². The number of rotatable bonds is 4. The van der Waals surface area contributed by atoms with Gasteiger partial charge in [-0.25, -0.2) is 0 Å². The van der Waals surface area contributed by atoms with E-state index in [1.807, 2.05) is 18.2 Å². The third kappa shape index (κ3) is 3.43. The Labute approximate surface area is 127 Å². The average molecular weight is 342 g/mol. The maximum absolute atomic E-state index is 8.91. The maximum atomic E-state index is 8.91. The molecule has 0 bridgehead atoms. The van der Waals surface area contributed by atoms with Gasteiger partial charge in [-0.15, -0.1) is 0 Å². The molecule has 20 heavy (non-hydrogen) atoms. The van der Waals surface area contributed by atoms with E-state index in [1.165, 1.54) is 0 Å². The van der Waals surface area contributed by atoms with Gasteiger partial charge in [0.05, 0.1) is 0 Å². The van der Waals surface area contributed by atoms with Crippen molar-refractivity contribution in [3.63, 3.8) is 0 Å². The first kappa shape index (κ1) is 15.1. The Hall–Kier alpha value is -1.27. The highest BCUT2D eigenvalue weighted by Crippen LogP contribution is 2.29. The Morgan fingerprint density at radius 2 is 2.20 bits per heavy atom. The number of ether oxygens (including phenoxy) is 1. The standard InChI is InChI=1S/C14H20BrN3O2/c1-20-9-10-4-6-18(7-5-10)13-8-11(15)2-3-12(13)14(16)17-19/h2-3,8,10,19H,4-7,9H2,1H3,(H2,16,17). The quantitative estimate of drug-likeness (QED) is 0.382. The molecule has 1 aromatic carbocycles. The summed E-state index contributed by atoms with van der Waals surface area (Å²) in [5, 5.41) is 12.0. The highest BCUT2D eigenvalue weighted by molar-refractivity contribution is 9.10. The summed E-state index contributed by atoms with van der Waals surface area (Å²) >= 11 is 3.48. The van der Waals surface area contributed by atoms with Crippen LogP contribution in [0.5, 0.6) is 0 Å². The molecule has 1 saturated heterocycles. The number of hydrogen-bond acceptors (Lipinski definition) is 4. The summed E-state index contributed by atoms with van der Waals surface area (Å²) in [7, 11) is 1.75. The molecule has 6 heteroatoms. The van der Waals surface area contributed by atoms with Crippen LogP contribution in [0.15, 0.2) is 27.8 Å². The number of hydrogen-bond donors (Lipinski definition) is 2. The fourth-order valence-electron chi connectivity index (χ4n) is 2.61. The SMILES string of the molecule is COCC1CCN(c2cc(Br)ccc2/C(N)=N/O)CC1. The number of piperidine rings is 1. The van der Waals surface area contributed by atoms with Crippen LogP contribution in [0.2, 0.25) is 0 Å². The molecule has 110 valence electrons. The molecule has 0 aliphatic carbocycles. The topological polar surface area (TPSA) is 71.1 Å². The van der Waals surface area contributed by atoms with Crippen molar-refractivity contribution in [1.82, 2.24) is 0 Å². The smallest absolute Gasteiger partial charge is 0.172 e. The second kappa shape index (κ2) is 6.95. The van der Waals surface area contributed by atoms with Gasteiger partial charge in [0.15, 0.2) is 5.84 Å². The second-order valence-electron chi connectivity index (χ2n) is 5.03. The van der Waals surface area contributed by atoms with Gasteiger partial charge in [0.2, 0.25) is 0 Å². The molecule has 1 aliphatic rings. The molecule has 0 spiro atoms. The lowest BCUT2D eigenvalue weighted by molar-refractivity contribution is 0.139. The number of halogens is 1. The number of methoxy groups -OCH3 is 1. The molecule has 3 N–H and O–H groups in total. The fraction of sp³-hybridized carbons (Fsp3) is 0.500. The van der Waals surface area contributed by atoms with Crippen LogP contribution in [0, 0.1) is 5.92 Å². The molecule has 1 aromatic rings. The zero-order valence-corrected chi connectivity index (χ0v) is 13.1. The predicted molar refractivity (Wildman–Crippen MR) is 83.5 cm³/mol. The molecule has 0 atom stereocenters. The van der Waals surface area contributed by atoms with Crippen molar-refractivity contribution in [2.24, 2.45) is 16.8 Å². The Bertz CT molecular complexity index is 485. The summed E-state index contributed by atoms with van der Waals surface area (Å²) < 4.78 is 6.21. The van der Waals surface area contributed by atoms with Crippen molar-refractivity contribution >= 4 is 27.5 Å². The Morgan fingerprint density at radius 3 is 2.80 bits per heavy atom. The van der Waals surface area contributed by atoms with Gasteiger partial charge in [-0.2, -0.15) is 0 Å². The van der Waals surface area contributed by atoms with E-state index >= 15 is 0 Å². The highest BCUT2D eigenvalue weighted by atomic mass is 79.9. The van der Waals surface area contributed by atoms with Gasteiger partial charge < -0.3 is 20.6 Å². The van der Waals surface area contributed by atoms with Crippen LogP contribution in [-0.2, 0) is 4.74 Å². The predicted octanol–water partition coefficient (Wildman–Crippen LogP) is 2.41. The molecule has 2 rings (SSSR count). The molecule has 5 nitrogen and oxygen atoms in total. The zero-order chi connectivity index (χ0) is 14.5. The number of nitrogens with two attached hydrogens (primary N) is 1. The van der Waals surface area contributed by atoms with E-state index in [0.29, 0.717) is 5.92 Å². The first-order valence-electron chi connectivity index (χ1n) is 6.67. The summed E-state index contributed by atoms with van der Waals surface area (Å²) in [5.41, 5.74) is 7.53. The minimum Gasteiger partial charge on any atom is -0.409 e. The first-order chi connectivity index (χ1) is 9.65. The van der Waals surface area contributed by atoms with Gasteiger partial charge in [-0.05, 0) is 37.0 Å². The summed E-state index contributed by atoms with van der Waals surface area (Å²) in [4.78, 5) is 2.28. The third-order valence-corrected chi connectivity index (χ3v) is 4.19. The fourth-order valence-corrected chi connectivity index (χ4v) is 2.96. The zero-order valence-electron chi connectivity index (χ0n) is 11.6. The summed E-state index contributed by atoms with van der Waals surface area (Å²) in [6.07, 6.45) is 2.19. The molecular weight excluding hydrogens is 322 g/mol. The van der Waals surface area contributed by atoms with Crippen molar-refractivity contribution in [1.29, 1.82) is 0 Å². The van der Waals surface area contributed by atoms with E-state index in [2.05, 4.69) is 26.0 Å². The van der Waals surface area contributed by atoms with E-state index in [9.17, 15) is 0 Å². The summed E-state index contributed by atoms with van der Waals surface area (Å²) in [6.45, 7) is 2.73. The van der Waals surface area contributed by atoms with Crippen LogP contribution in [0.3, 0.4) is 0 Å². The van der Waals surface area contributed by atoms with Crippen molar-refractivity contribution in [2.75, 3.05) is 31.7 Å². The van der Waals surface area contributed by atoms with E-state index < -0.39 is 0 Å². The van der Waals surface area contributed by atoms with E-state index in [0.717, 1.165) is 48.3 Å². The minimum atomic E-state index is 0.145. The van der Waals surface area contributed by atoms with Crippen LogP contribution in [0.25, 0.3) is 0 Å². The molecule has 1 heterocycles. The molecule has 0 unspecified atom stereocenters. The largest absolute Gasteiger partial charge is 0.409 e. The Kier molecular flexibility index (Phi) is 5.25. The average Bonchev–Trinajstić information content (AvgIpc) is 2.47. The van der Waals surface area contributed by atoms with Crippen molar-refractivity contribution in [3.8, 4) is 0 Å². The lowest BCUT2D eigenvalue weighted by Crippen LogP contribution is -2.36. The first-order valence-corrected chi connectivity index (χ1v) is 7.46. The Morgan fingerprint density at radius 1 is 1.50 bits per heavy atom. The number of benzene rings is 1. The molecule has 1 aliphatic heterocycles. The van der Waals surface area contributed by atoms with Crippen molar-refractivity contribution in [2.45, 2.75) is 12.8 Å². The number of oxime groups is 1. The van der Waals surface area contributed by atoms with Crippen LogP contribution < -0.4 is 10.6 Å². The maximum Gasteiger partial charge on any atom is 0.172 e. The molecule has 0 aromatic heterocycles. The monoisotopic (exact) mass is 341 g/mol. The van der Waals surface area contributed by atoms with Crippen LogP contribution in [0.4, 0.5) is 5.69 Å². The highest BCUT2D eigenvalue weighted by Gasteiger charge is 2.22. The van der Waals surface area contributed by atoms with Gasteiger partial charge >= 0.3 is 0 Å². The van der Waals surface area contributed by atoms with Gasteiger partial charge in [0, 0.05) is 42.5 Å². The van der Waals surface area contributed by atoms with Crippen LogP contribution >= 0.6 is 15.9 Å². The summed E-state index contributed by atoms with van der Waals surface area (Å²) in [5.74, 6) is 0.766. The van der Waals surface area contributed by atoms with Gasteiger partial charge in [-0.1, -0.05) is 21.1 Å². The van der Waals surface area contributed by atoms with Crippen LogP contribution in [0.1, 0.15) is 18.4 Å². The van der Waals surface area contributed by atoms with E-state index in [4.69, 9.17) is 15.7 Å². The third-order valence-electron chi connectivity index (χ3n) is 3.70. The second-order valence-corrected chi connectivity index (χ2v) is 5.95. The minimum absolute atomic E-state index is 0.145. The van der Waals surface area contributed by atoms with Crippen molar-refractivity contribution < 1.29 is 9.94 Å². The van der Waals surface area contributed by atoms with Gasteiger partial charge in [-0.3, -0.25) is 0 Å². The van der Waals surface area contributed by atoms with Gasteiger partial charge in [0.25, 0.3) is 0 Å². The molecule has 1 fully saturated rings. The van der Waals surface area contributed by atoms with Gasteiger partial charge in [0.1, 0.15) is 0 Å². The number of amidine groups is 1. The number of anilines is 1. The normalized spacial score (nSPS) is 17.5. The molecular formula is C14H20BrN3O2. The van der Waals surface area contributed by atoms with Crippen LogP contribution in [-0.4, -0.2) is 37.8 Å². The number of nitrogens with zero attached hydrogens (tertiary/aromatic N) is 2. The lowest BCUT2D eigenvalue weighted by Gasteiger charge is -2.34. The van der Waals surface area contributed by atoms with E-state index in [-0.39, 0.29) is 5.84 Å². The molecule has 0 radical (unpaired) electrons. The Balaban J connectivity index is 2.18. The molecule has 0 amide bonds. The molecule has 0 saturated carbocycles. The lowest BCUT2D eigenvalue weighted by atomic mass is 9.96. The van der Waals surface area contributed by atoms with E-state index in [1.54, 1.807) is 7.11 Å².